The first kappa shape index (κ1) is 14.5. The third-order valence-corrected chi connectivity index (χ3v) is 4.09. The third kappa shape index (κ3) is 4.59. The molecule has 1 aliphatic carbocycles. The lowest BCUT2D eigenvalue weighted by atomic mass is 9.90. The zero-order chi connectivity index (χ0) is 13.5. The minimum absolute atomic E-state index is 0.699. The summed E-state index contributed by atoms with van der Waals surface area (Å²) in [5.74, 6) is 0. The van der Waals surface area contributed by atoms with Crippen LogP contribution in [0.25, 0.3) is 0 Å². The van der Waals surface area contributed by atoms with Crippen LogP contribution in [0.4, 0.5) is 0 Å². The minimum atomic E-state index is 0.699. The zero-order valence-corrected chi connectivity index (χ0v) is 12.3. The highest BCUT2D eigenvalue weighted by Gasteiger charge is 2.24. The van der Waals surface area contributed by atoms with E-state index < -0.39 is 0 Å². The largest absolute Gasteiger partial charge is 0.314 e. The van der Waals surface area contributed by atoms with E-state index in [-0.39, 0.29) is 0 Å². The van der Waals surface area contributed by atoms with Gasteiger partial charge in [0.15, 0.2) is 0 Å². The number of aromatic nitrogens is 1. The lowest BCUT2D eigenvalue weighted by Crippen LogP contribution is -2.42. The lowest BCUT2D eigenvalue weighted by Gasteiger charge is -2.35. The van der Waals surface area contributed by atoms with Crippen LogP contribution in [0, 0.1) is 0 Å². The Kier molecular flexibility index (Phi) is 5.80. The summed E-state index contributed by atoms with van der Waals surface area (Å²) < 4.78 is 0. The van der Waals surface area contributed by atoms with Crippen molar-refractivity contribution in [1.29, 1.82) is 0 Å². The standard InChI is InChI=1S/C16H27N3/c1-3-10-17-14-8-6-9-16(12-14)19(2)13-15-7-4-5-11-18-15/h4-5,7,11,14,16-17H,3,6,8-10,12-13H2,1-2H3. The van der Waals surface area contributed by atoms with Crippen molar-refractivity contribution in [3.63, 3.8) is 0 Å². The highest BCUT2D eigenvalue weighted by molar-refractivity contribution is 5.03. The van der Waals surface area contributed by atoms with Crippen molar-refractivity contribution in [2.24, 2.45) is 0 Å². The summed E-state index contributed by atoms with van der Waals surface area (Å²) in [4.78, 5) is 6.90. The number of hydrogen-bond donors (Lipinski definition) is 1. The molecule has 19 heavy (non-hydrogen) atoms. The SMILES string of the molecule is CCCNC1CCCC(N(C)Cc2ccccn2)C1. The van der Waals surface area contributed by atoms with Gasteiger partial charge in [0.25, 0.3) is 0 Å². The van der Waals surface area contributed by atoms with Crippen molar-refractivity contribution in [2.45, 2.75) is 57.7 Å². The van der Waals surface area contributed by atoms with E-state index >= 15 is 0 Å². The highest BCUT2D eigenvalue weighted by Crippen LogP contribution is 2.23. The first-order chi connectivity index (χ1) is 9.29. The van der Waals surface area contributed by atoms with Crippen LogP contribution in [0.15, 0.2) is 24.4 Å². The Morgan fingerprint density at radius 1 is 1.37 bits per heavy atom. The van der Waals surface area contributed by atoms with E-state index in [4.69, 9.17) is 0 Å². The lowest BCUT2D eigenvalue weighted by molar-refractivity contribution is 0.161. The smallest absolute Gasteiger partial charge is 0.0543 e. The fourth-order valence-corrected chi connectivity index (χ4v) is 2.97. The van der Waals surface area contributed by atoms with Crippen molar-refractivity contribution in [3.8, 4) is 0 Å². The Balaban J connectivity index is 1.83. The molecule has 1 aliphatic rings. The normalized spacial score (nSPS) is 23.7. The molecule has 1 fully saturated rings. The van der Waals surface area contributed by atoms with Crippen LogP contribution in [0.3, 0.4) is 0 Å². The van der Waals surface area contributed by atoms with Crippen LogP contribution >= 0.6 is 0 Å². The summed E-state index contributed by atoms with van der Waals surface area (Å²) >= 11 is 0. The molecular formula is C16H27N3. The maximum absolute atomic E-state index is 4.42. The molecule has 1 N–H and O–H groups in total. The second-order valence-electron chi connectivity index (χ2n) is 5.71. The molecule has 2 atom stereocenters. The van der Waals surface area contributed by atoms with Crippen LogP contribution in [0.1, 0.15) is 44.7 Å². The predicted octanol–water partition coefficient (Wildman–Crippen LogP) is 2.82. The Bertz CT molecular complexity index is 352. The van der Waals surface area contributed by atoms with Gasteiger partial charge < -0.3 is 5.32 Å². The van der Waals surface area contributed by atoms with Crippen molar-refractivity contribution in [3.05, 3.63) is 30.1 Å². The Labute approximate surface area is 117 Å². The Hall–Kier alpha value is -0.930. The van der Waals surface area contributed by atoms with Crippen molar-refractivity contribution >= 4 is 0 Å². The van der Waals surface area contributed by atoms with E-state index in [1.165, 1.54) is 37.8 Å². The van der Waals surface area contributed by atoms with E-state index in [0.717, 1.165) is 13.1 Å². The molecule has 0 saturated heterocycles. The number of rotatable bonds is 6. The number of nitrogens with zero attached hydrogens (tertiary/aromatic N) is 2. The summed E-state index contributed by atoms with van der Waals surface area (Å²) in [5.41, 5.74) is 1.17. The topological polar surface area (TPSA) is 28.2 Å². The zero-order valence-electron chi connectivity index (χ0n) is 12.3. The number of pyridine rings is 1. The second kappa shape index (κ2) is 7.61. The summed E-state index contributed by atoms with van der Waals surface area (Å²) in [6, 6.07) is 7.58. The Morgan fingerprint density at radius 3 is 3.00 bits per heavy atom. The molecule has 1 saturated carbocycles. The van der Waals surface area contributed by atoms with Gasteiger partial charge in [-0.25, -0.2) is 0 Å². The van der Waals surface area contributed by atoms with E-state index in [2.05, 4.69) is 41.3 Å². The first-order valence-electron chi connectivity index (χ1n) is 7.63. The van der Waals surface area contributed by atoms with E-state index in [1.54, 1.807) is 0 Å². The third-order valence-electron chi connectivity index (χ3n) is 4.09. The maximum atomic E-state index is 4.42. The van der Waals surface area contributed by atoms with Crippen LogP contribution in [-0.4, -0.2) is 35.6 Å². The highest BCUT2D eigenvalue weighted by atomic mass is 15.1. The molecule has 3 nitrogen and oxygen atoms in total. The molecule has 0 amide bonds. The van der Waals surface area contributed by atoms with Crippen molar-refractivity contribution in [1.82, 2.24) is 15.2 Å². The van der Waals surface area contributed by atoms with Gasteiger partial charge in [0.1, 0.15) is 0 Å². The van der Waals surface area contributed by atoms with Gasteiger partial charge >= 0.3 is 0 Å². The molecule has 1 heterocycles. The van der Waals surface area contributed by atoms with Gasteiger partial charge in [-0.1, -0.05) is 19.4 Å². The molecule has 0 aromatic carbocycles. The van der Waals surface area contributed by atoms with Crippen LogP contribution < -0.4 is 5.32 Å². The van der Waals surface area contributed by atoms with Crippen LogP contribution in [-0.2, 0) is 6.54 Å². The molecule has 3 heteroatoms. The number of nitrogens with one attached hydrogen (secondary N) is 1. The molecule has 2 rings (SSSR count). The molecule has 1 aromatic heterocycles. The maximum Gasteiger partial charge on any atom is 0.0543 e. The van der Waals surface area contributed by atoms with Gasteiger partial charge in [-0.3, -0.25) is 9.88 Å². The molecule has 2 unspecified atom stereocenters. The second-order valence-corrected chi connectivity index (χ2v) is 5.71. The van der Waals surface area contributed by atoms with Gasteiger partial charge in [-0.15, -0.1) is 0 Å². The monoisotopic (exact) mass is 261 g/mol. The van der Waals surface area contributed by atoms with E-state index in [0.29, 0.717) is 12.1 Å². The quantitative estimate of drug-likeness (QED) is 0.853. The van der Waals surface area contributed by atoms with Gasteiger partial charge in [0.05, 0.1) is 5.69 Å². The van der Waals surface area contributed by atoms with Gasteiger partial charge in [0, 0.05) is 24.8 Å². The van der Waals surface area contributed by atoms with Gasteiger partial charge in [-0.05, 0) is 51.4 Å². The average molecular weight is 261 g/mol. The predicted molar refractivity (Wildman–Crippen MR) is 80.0 cm³/mol. The fourth-order valence-electron chi connectivity index (χ4n) is 2.97. The number of hydrogen-bond acceptors (Lipinski definition) is 3. The van der Waals surface area contributed by atoms with E-state index in [1.807, 2.05) is 12.3 Å². The summed E-state index contributed by atoms with van der Waals surface area (Å²) in [7, 11) is 2.24. The van der Waals surface area contributed by atoms with Crippen LogP contribution in [0.5, 0.6) is 0 Å². The molecule has 106 valence electrons. The molecule has 0 aliphatic heterocycles. The van der Waals surface area contributed by atoms with Gasteiger partial charge in [0.2, 0.25) is 0 Å². The summed E-state index contributed by atoms with van der Waals surface area (Å²) in [6.07, 6.45) is 8.41. The average Bonchev–Trinajstić information content (AvgIpc) is 2.46. The van der Waals surface area contributed by atoms with Crippen molar-refractivity contribution < 1.29 is 0 Å². The summed E-state index contributed by atoms with van der Waals surface area (Å²) in [6.45, 7) is 4.36. The molecule has 0 radical (unpaired) electrons. The van der Waals surface area contributed by atoms with E-state index in [9.17, 15) is 0 Å². The van der Waals surface area contributed by atoms with Crippen LogP contribution in [0.2, 0.25) is 0 Å². The fraction of sp³-hybridized carbons (Fsp3) is 0.688. The molecule has 0 bridgehead atoms. The first-order valence-corrected chi connectivity index (χ1v) is 7.63. The summed E-state index contributed by atoms with van der Waals surface area (Å²) in [5, 5.41) is 3.68. The molecular weight excluding hydrogens is 234 g/mol. The molecule has 1 aromatic rings. The Morgan fingerprint density at radius 2 is 2.26 bits per heavy atom. The minimum Gasteiger partial charge on any atom is -0.314 e. The van der Waals surface area contributed by atoms with Crippen molar-refractivity contribution in [2.75, 3.05) is 13.6 Å². The van der Waals surface area contributed by atoms with Gasteiger partial charge in [-0.2, -0.15) is 0 Å². The molecule has 0 spiro atoms.